The number of H-pyrrole nitrogens is 1. The van der Waals surface area contributed by atoms with Gasteiger partial charge >= 0.3 is 0 Å². The number of nitrogens with zero attached hydrogens (tertiary/aromatic N) is 6. The van der Waals surface area contributed by atoms with Crippen molar-refractivity contribution in [3.63, 3.8) is 0 Å². The van der Waals surface area contributed by atoms with Gasteiger partial charge < -0.3 is 14.8 Å². The number of nitrogens with one attached hydrogen (secondary N) is 1. The zero-order valence-corrected chi connectivity index (χ0v) is 13.3. The Labute approximate surface area is 139 Å². The molecule has 3 aromatic heterocycles. The highest BCUT2D eigenvalue weighted by Crippen LogP contribution is 2.27. The van der Waals surface area contributed by atoms with Gasteiger partial charge in [-0.3, -0.25) is 0 Å². The molecule has 1 unspecified atom stereocenters. The van der Waals surface area contributed by atoms with Crippen LogP contribution in [0, 0.1) is 11.3 Å². The summed E-state index contributed by atoms with van der Waals surface area (Å²) in [4.78, 5) is 20.7. The predicted octanol–water partition coefficient (Wildman–Crippen LogP) is 1.94. The quantitative estimate of drug-likeness (QED) is 0.794. The van der Waals surface area contributed by atoms with Crippen LogP contribution < -0.4 is 9.80 Å². The fourth-order valence-electron chi connectivity index (χ4n) is 3.21. The van der Waals surface area contributed by atoms with Crippen molar-refractivity contribution in [2.75, 3.05) is 29.9 Å². The Kier molecular flexibility index (Phi) is 3.50. The lowest BCUT2D eigenvalue weighted by Gasteiger charge is -2.26. The third kappa shape index (κ3) is 2.42. The maximum atomic E-state index is 8.88. The minimum atomic E-state index is 0.356. The summed E-state index contributed by atoms with van der Waals surface area (Å²) < 4.78 is 0. The maximum absolute atomic E-state index is 8.88. The number of nitriles is 1. The van der Waals surface area contributed by atoms with Crippen molar-refractivity contribution in [1.82, 2.24) is 19.9 Å². The first-order valence-electron chi connectivity index (χ1n) is 7.88. The first kappa shape index (κ1) is 14.5. The lowest BCUT2D eigenvalue weighted by atomic mass is 10.2. The van der Waals surface area contributed by atoms with Crippen LogP contribution >= 0.6 is 0 Å². The van der Waals surface area contributed by atoms with Crippen LogP contribution in [0.25, 0.3) is 11.0 Å². The second-order valence-electron chi connectivity index (χ2n) is 5.95. The molecule has 0 saturated carbocycles. The molecule has 7 nitrogen and oxygen atoms in total. The van der Waals surface area contributed by atoms with Crippen LogP contribution in [0.4, 0.5) is 11.6 Å². The van der Waals surface area contributed by atoms with Crippen molar-refractivity contribution < 1.29 is 0 Å². The molecular formula is C17H17N7. The van der Waals surface area contributed by atoms with Crippen LogP contribution in [0.15, 0.2) is 36.9 Å². The molecule has 4 rings (SSSR count). The van der Waals surface area contributed by atoms with Gasteiger partial charge in [-0.25, -0.2) is 15.0 Å². The number of hydrogen-bond donors (Lipinski definition) is 1. The number of pyridine rings is 1. The SMILES string of the molecule is CN(c1ccc(C#N)cn1)C1CCN(c2ncnc3[nH]ccc23)C1. The van der Waals surface area contributed by atoms with Gasteiger partial charge in [-0.1, -0.05) is 0 Å². The van der Waals surface area contributed by atoms with E-state index >= 15 is 0 Å². The van der Waals surface area contributed by atoms with E-state index in [0.717, 1.165) is 42.2 Å². The summed E-state index contributed by atoms with van der Waals surface area (Å²) in [6.45, 7) is 1.83. The fraction of sp³-hybridized carbons (Fsp3) is 0.294. The molecule has 1 saturated heterocycles. The third-order valence-corrected chi connectivity index (χ3v) is 4.58. The van der Waals surface area contributed by atoms with Crippen LogP contribution in [0.5, 0.6) is 0 Å². The minimum Gasteiger partial charge on any atom is -0.355 e. The number of aromatic amines is 1. The first-order valence-corrected chi connectivity index (χ1v) is 7.88. The molecule has 1 N–H and O–H groups in total. The van der Waals surface area contributed by atoms with E-state index in [9.17, 15) is 0 Å². The summed E-state index contributed by atoms with van der Waals surface area (Å²) in [5, 5.41) is 9.94. The minimum absolute atomic E-state index is 0.356. The van der Waals surface area contributed by atoms with E-state index in [2.05, 4.69) is 42.9 Å². The van der Waals surface area contributed by atoms with Gasteiger partial charge in [0.05, 0.1) is 10.9 Å². The molecule has 24 heavy (non-hydrogen) atoms. The average molecular weight is 319 g/mol. The second kappa shape index (κ2) is 5.81. The van der Waals surface area contributed by atoms with E-state index in [1.165, 1.54) is 0 Å². The van der Waals surface area contributed by atoms with E-state index < -0.39 is 0 Å². The molecule has 1 aliphatic heterocycles. The molecule has 1 aliphatic rings. The largest absolute Gasteiger partial charge is 0.355 e. The topological polar surface area (TPSA) is 84.7 Å². The van der Waals surface area contributed by atoms with Gasteiger partial charge in [-0.2, -0.15) is 5.26 Å². The van der Waals surface area contributed by atoms with Gasteiger partial charge in [0.25, 0.3) is 0 Å². The summed E-state index contributed by atoms with van der Waals surface area (Å²) in [5.74, 6) is 1.86. The molecule has 120 valence electrons. The van der Waals surface area contributed by atoms with Gasteiger partial charge in [-0.15, -0.1) is 0 Å². The molecule has 0 spiro atoms. The molecule has 1 atom stereocenters. The highest BCUT2D eigenvalue weighted by molar-refractivity contribution is 5.87. The molecule has 3 aromatic rings. The Hall–Kier alpha value is -3.14. The number of likely N-dealkylation sites (N-methyl/N-ethyl adjacent to an activating group) is 1. The Balaban J connectivity index is 1.53. The first-order chi connectivity index (χ1) is 11.8. The summed E-state index contributed by atoms with van der Waals surface area (Å²) in [5.41, 5.74) is 1.45. The van der Waals surface area contributed by atoms with Crippen molar-refractivity contribution in [3.8, 4) is 6.07 Å². The lowest BCUT2D eigenvalue weighted by Crippen LogP contribution is -2.35. The molecule has 0 amide bonds. The Morgan fingerprint density at radius 2 is 2.21 bits per heavy atom. The lowest BCUT2D eigenvalue weighted by molar-refractivity contribution is 0.684. The van der Waals surface area contributed by atoms with Crippen LogP contribution in [0.3, 0.4) is 0 Å². The van der Waals surface area contributed by atoms with Crippen molar-refractivity contribution in [2.24, 2.45) is 0 Å². The van der Waals surface area contributed by atoms with Crippen molar-refractivity contribution in [1.29, 1.82) is 5.26 Å². The van der Waals surface area contributed by atoms with E-state index in [1.807, 2.05) is 18.3 Å². The average Bonchev–Trinajstić information content (AvgIpc) is 3.30. The number of hydrogen-bond acceptors (Lipinski definition) is 6. The summed E-state index contributed by atoms with van der Waals surface area (Å²) >= 11 is 0. The van der Waals surface area contributed by atoms with Crippen LogP contribution in [-0.2, 0) is 0 Å². The van der Waals surface area contributed by atoms with E-state index in [4.69, 9.17) is 5.26 Å². The van der Waals surface area contributed by atoms with Crippen LogP contribution in [0.1, 0.15) is 12.0 Å². The molecule has 0 aromatic carbocycles. The summed E-state index contributed by atoms with van der Waals surface area (Å²) in [7, 11) is 2.05. The van der Waals surface area contributed by atoms with E-state index in [0.29, 0.717) is 11.6 Å². The molecular weight excluding hydrogens is 302 g/mol. The highest BCUT2D eigenvalue weighted by atomic mass is 15.3. The fourth-order valence-corrected chi connectivity index (χ4v) is 3.21. The second-order valence-corrected chi connectivity index (χ2v) is 5.95. The normalized spacial score (nSPS) is 17.2. The number of rotatable bonds is 3. The molecule has 4 heterocycles. The Morgan fingerprint density at radius 1 is 1.29 bits per heavy atom. The van der Waals surface area contributed by atoms with Gasteiger partial charge in [0, 0.05) is 38.6 Å². The van der Waals surface area contributed by atoms with E-state index in [1.54, 1.807) is 18.6 Å². The van der Waals surface area contributed by atoms with Gasteiger partial charge in [0.1, 0.15) is 29.7 Å². The van der Waals surface area contributed by atoms with Crippen LogP contribution in [-0.4, -0.2) is 46.1 Å². The predicted molar refractivity (Wildman–Crippen MR) is 91.9 cm³/mol. The molecule has 0 bridgehead atoms. The van der Waals surface area contributed by atoms with Crippen molar-refractivity contribution >= 4 is 22.7 Å². The molecule has 0 radical (unpaired) electrons. The molecule has 7 heteroatoms. The summed E-state index contributed by atoms with van der Waals surface area (Å²) in [6, 6.07) is 8.18. The molecule has 0 aliphatic carbocycles. The smallest absolute Gasteiger partial charge is 0.142 e. The summed E-state index contributed by atoms with van der Waals surface area (Å²) in [6.07, 6.45) is 6.15. The number of aromatic nitrogens is 4. The number of anilines is 2. The van der Waals surface area contributed by atoms with Gasteiger partial charge in [-0.05, 0) is 24.6 Å². The zero-order valence-electron chi connectivity index (χ0n) is 13.3. The van der Waals surface area contributed by atoms with Gasteiger partial charge in [0.15, 0.2) is 0 Å². The Morgan fingerprint density at radius 3 is 3.00 bits per heavy atom. The number of fused-ring (bicyclic) bond motifs is 1. The van der Waals surface area contributed by atoms with Crippen LogP contribution in [0.2, 0.25) is 0 Å². The Bertz CT molecular complexity index is 893. The third-order valence-electron chi connectivity index (χ3n) is 4.58. The monoisotopic (exact) mass is 319 g/mol. The maximum Gasteiger partial charge on any atom is 0.142 e. The van der Waals surface area contributed by atoms with Gasteiger partial charge in [0.2, 0.25) is 0 Å². The standard InChI is InChI=1S/C17H17N7/c1-23(15-3-2-12(8-18)9-20-15)13-5-7-24(10-13)17-14-4-6-19-16(14)21-11-22-17/h2-4,6,9,11,13H,5,7,10H2,1H3,(H,19,21,22). The zero-order chi connectivity index (χ0) is 16.5. The van der Waals surface area contributed by atoms with Crippen molar-refractivity contribution in [2.45, 2.75) is 12.5 Å². The highest BCUT2D eigenvalue weighted by Gasteiger charge is 2.28. The van der Waals surface area contributed by atoms with Crippen molar-refractivity contribution in [3.05, 3.63) is 42.5 Å². The molecule has 1 fully saturated rings. The van der Waals surface area contributed by atoms with E-state index in [-0.39, 0.29) is 0 Å².